The zero-order chi connectivity index (χ0) is 21.3. The molecule has 4 rings (SSSR count). The van der Waals surface area contributed by atoms with Gasteiger partial charge in [0.1, 0.15) is 0 Å². The molecular formula is C19H19N3O6S2. The van der Waals surface area contributed by atoms with Gasteiger partial charge < -0.3 is 18.8 Å². The SMILES string of the molecule is CCOCCn1c(=NC(=O)c2ccc3c(c2)OCO3)sc2cc(S(N)(=O)=O)ccc21. The number of rotatable bonds is 6. The Hall–Kier alpha value is -2.73. The van der Waals surface area contributed by atoms with Crippen LogP contribution < -0.4 is 19.4 Å². The first-order valence-electron chi connectivity index (χ1n) is 9.09. The van der Waals surface area contributed by atoms with Crippen molar-refractivity contribution in [2.24, 2.45) is 10.1 Å². The van der Waals surface area contributed by atoms with Crippen molar-refractivity contribution in [1.82, 2.24) is 4.57 Å². The van der Waals surface area contributed by atoms with Gasteiger partial charge in [0.25, 0.3) is 5.91 Å². The van der Waals surface area contributed by atoms with Gasteiger partial charge in [-0.3, -0.25) is 4.79 Å². The summed E-state index contributed by atoms with van der Waals surface area (Å²) in [4.78, 5) is 17.5. The predicted molar refractivity (Wildman–Crippen MR) is 110 cm³/mol. The number of carbonyl (C=O) groups is 1. The van der Waals surface area contributed by atoms with Gasteiger partial charge in [-0.2, -0.15) is 4.99 Å². The van der Waals surface area contributed by atoms with Crippen LogP contribution in [0.25, 0.3) is 10.2 Å². The van der Waals surface area contributed by atoms with E-state index in [1.54, 1.807) is 24.3 Å². The van der Waals surface area contributed by atoms with Crippen LogP contribution in [0.1, 0.15) is 17.3 Å². The van der Waals surface area contributed by atoms with Crippen molar-refractivity contribution in [2.75, 3.05) is 20.0 Å². The summed E-state index contributed by atoms with van der Waals surface area (Å²) in [6.45, 7) is 3.44. The molecule has 9 nitrogen and oxygen atoms in total. The molecule has 2 N–H and O–H groups in total. The lowest BCUT2D eigenvalue weighted by Gasteiger charge is -2.06. The van der Waals surface area contributed by atoms with Crippen LogP contribution >= 0.6 is 11.3 Å². The standard InChI is InChI=1S/C19H19N3O6S2/c1-2-26-8-7-22-14-5-4-13(30(20,24)25)10-17(14)29-19(22)21-18(23)12-3-6-15-16(9-12)28-11-27-15/h3-6,9-10H,2,7-8,11H2,1H3,(H2,20,24,25). The molecule has 0 bridgehead atoms. The molecular weight excluding hydrogens is 430 g/mol. The summed E-state index contributed by atoms with van der Waals surface area (Å²) in [6.07, 6.45) is 0. The minimum absolute atomic E-state index is 0.00172. The quantitative estimate of drug-likeness (QED) is 0.573. The number of hydrogen-bond acceptors (Lipinski definition) is 7. The number of sulfonamides is 1. The van der Waals surface area contributed by atoms with E-state index in [4.69, 9.17) is 19.3 Å². The number of ether oxygens (including phenoxy) is 3. The molecule has 2 heterocycles. The van der Waals surface area contributed by atoms with Crippen molar-refractivity contribution >= 4 is 37.5 Å². The first-order chi connectivity index (χ1) is 14.4. The Morgan fingerprint density at radius 1 is 1.23 bits per heavy atom. The third kappa shape index (κ3) is 4.10. The molecule has 0 radical (unpaired) electrons. The molecule has 1 aliphatic heterocycles. The summed E-state index contributed by atoms with van der Waals surface area (Å²) in [6, 6.07) is 9.45. The molecule has 0 fully saturated rings. The van der Waals surface area contributed by atoms with E-state index in [0.717, 1.165) is 5.52 Å². The Morgan fingerprint density at radius 3 is 2.80 bits per heavy atom. The zero-order valence-corrected chi connectivity index (χ0v) is 17.7. The van der Waals surface area contributed by atoms with Gasteiger partial charge >= 0.3 is 0 Å². The van der Waals surface area contributed by atoms with Crippen LogP contribution in [0.2, 0.25) is 0 Å². The van der Waals surface area contributed by atoms with E-state index in [9.17, 15) is 13.2 Å². The van der Waals surface area contributed by atoms with Crippen LogP contribution in [0.5, 0.6) is 11.5 Å². The molecule has 11 heteroatoms. The number of nitrogens with zero attached hydrogens (tertiary/aromatic N) is 2. The van der Waals surface area contributed by atoms with Crippen LogP contribution in [0, 0.1) is 0 Å². The van der Waals surface area contributed by atoms with E-state index in [1.165, 1.54) is 23.5 Å². The molecule has 0 atom stereocenters. The van der Waals surface area contributed by atoms with E-state index < -0.39 is 15.9 Å². The number of nitrogens with two attached hydrogens (primary N) is 1. The maximum absolute atomic E-state index is 12.8. The Bertz CT molecular complexity index is 1290. The lowest BCUT2D eigenvalue weighted by molar-refractivity contribution is 0.0996. The molecule has 1 aliphatic rings. The number of fused-ring (bicyclic) bond motifs is 2. The van der Waals surface area contributed by atoms with Crippen molar-refractivity contribution < 1.29 is 27.4 Å². The fourth-order valence-electron chi connectivity index (χ4n) is 3.01. The first kappa shape index (κ1) is 20.5. The van der Waals surface area contributed by atoms with Gasteiger partial charge in [-0.15, -0.1) is 0 Å². The molecule has 2 aromatic carbocycles. The largest absolute Gasteiger partial charge is 0.454 e. The van der Waals surface area contributed by atoms with Crippen LogP contribution in [-0.2, 0) is 21.3 Å². The zero-order valence-electron chi connectivity index (χ0n) is 16.0. The molecule has 1 amide bonds. The highest BCUT2D eigenvalue weighted by Crippen LogP contribution is 2.32. The third-order valence-corrected chi connectivity index (χ3v) is 6.41. The second kappa shape index (κ2) is 8.19. The molecule has 0 saturated carbocycles. The molecule has 0 spiro atoms. The highest BCUT2D eigenvalue weighted by atomic mass is 32.2. The monoisotopic (exact) mass is 449 g/mol. The number of amides is 1. The second-order valence-electron chi connectivity index (χ2n) is 6.39. The van der Waals surface area contributed by atoms with Crippen molar-refractivity contribution in [3.63, 3.8) is 0 Å². The number of aromatic nitrogens is 1. The highest BCUT2D eigenvalue weighted by molar-refractivity contribution is 7.89. The van der Waals surface area contributed by atoms with E-state index in [0.29, 0.717) is 46.3 Å². The van der Waals surface area contributed by atoms with E-state index in [-0.39, 0.29) is 11.7 Å². The smallest absolute Gasteiger partial charge is 0.279 e. The fourth-order valence-corrected chi connectivity index (χ4v) is 4.72. The number of primary sulfonamides is 1. The number of benzene rings is 2. The molecule has 3 aromatic rings. The third-order valence-electron chi connectivity index (χ3n) is 4.46. The summed E-state index contributed by atoms with van der Waals surface area (Å²) in [5.74, 6) is 0.627. The Morgan fingerprint density at radius 2 is 2.03 bits per heavy atom. The first-order valence-corrected chi connectivity index (χ1v) is 11.5. The lowest BCUT2D eigenvalue weighted by Crippen LogP contribution is -2.19. The minimum Gasteiger partial charge on any atom is -0.454 e. The molecule has 158 valence electrons. The predicted octanol–water partition coefficient (Wildman–Crippen LogP) is 1.86. The summed E-state index contributed by atoms with van der Waals surface area (Å²) < 4.78 is 41.9. The van der Waals surface area contributed by atoms with Crippen molar-refractivity contribution in [3.8, 4) is 11.5 Å². The maximum Gasteiger partial charge on any atom is 0.279 e. The van der Waals surface area contributed by atoms with Gasteiger partial charge in [-0.25, -0.2) is 13.6 Å². The average Bonchev–Trinajstić information content (AvgIpc) is 3.31. The van der Waals surface area contributed by atoms with Gasteiger partial charge in [0.05, 0.1) is 21.7 Å². The number of carbonyl (C=O) groups excluding carboxylic acids is 1. The van der Waals surface area contributed by atoms with Crippen LogP contribution in [0.15, 0.2) is 46.3 Å². The molecule has 1 aromatic heterocycles. The summed E-state index contributed by atoms with van der Waals surface area (Å²) in [7, 11) is -3.84. The lowest BCUT2D eigenvalue weighted by atomic mass is 10.2. The Balaban J connectivity index is 1.79. The van der Waals surface area contributed by atoms with Crippen LogP contribution in [0.4, 0.5) is 0 Å². The van der Waals surface area contributed by atoms with Gasteiger partial charge in [-0.1, -0.05) is 11.3 Å². The van der Waals surface area contributed by atoms with E-state index in [2.05, 4.69) is 4.99 Å². The van der Waals surface area contributed by atoms with Crippen LogP contribution in [-0.4, -0.2) is 38.9 Å². The summed E-state index contributed by atoms with van der Waals surface area (Å²) in [5, 5.41) is 5.24. The second-order valence-corrected chi connectivity index (χ2v) is 8.96. The Kier molecular flexibility index (Phi) is 5.60. The van der Waals surface area contributed by atoms with Crippen molar-refractivity contribution in [3.05, 3.63) is 46.8 Å². The average molecular weight is 450 g/mol. The number of hydrogen-bond donors (Lipinski definition) is 1. The Labute approximate surface area is 176 Å². The summed E-state index contributed by atoms with van der Waals surface area (Å²) in [5.41, 5.74) is 1.10. The van der Waals surface area contributed by atoms with Crippen molar-refractivity contribution in [1.29, 1.82) is 0 Å². The summed E-state index contributed by atoms with van der Waals surface area (Å²) >= 11 is 1.20. The van der Waals surface area contributed by atoms with Gasteiger partial charge in [0.2, 0.25) is 16.8 Å². The molecule has 0 aliphatic carbocycles. The molecule has 30 heavy (non-hydrogen) atoms. The van der Waals surface area contributed by atoms with Gasteiger partial charge in [-0.05, 0) is 43.3 Å². The fraction of sp³-hybridized carbons (Fsp3) is 0.263. The molecule has 0 saturated heterocycles. The van der Waals surface area contributed by atoms with E-state index in [1.807, 2.05) is 11.5 Å². The normalized spacial score (nSPS) is 13.9. The van der Waals surface area contributed by atoms with E-state index >= 15 is 0 Å². The molecule has 0 unspecified atom stereocenters. The van der Waals surface area contributed by atoms with Crippen LogP contribution in [0.3, 0.4) is 0 Å². The maximum atomic E-state index is 12.8. The topological polar surface area (TPSA) is 122 Å². The highest BCUT2D eigenvalue weighted by Gasteiger charge is 2.17. The minimum atomic E-state index is -3.84. The van der Waals surface area contributed by atoms with Gasteiger partial charge in [0.15, 0.2) is 16.3 Å². The van der Waals surface area contributed by atoms with Crippen molar-refractivity contribution in [2.45, 2.75) is 18.4 Å². The number of thiazole rings is 1. The van der Waals surface area contributed by atoms with Gasteiger partial charge in [0, 0.05) is 18.7 Å².